The summed E-state index contributed by atoms with van der Waals surface area (Å²) < 4.78 is 0. The third kappa shape index (κ3) is 5.47. The molecule has 1 rings (SSSR count). The molecular weight excluding hydrogens is 202 g/mol. The van der Waals surface area contributed by atoms with Crippen LogP contribution in [0.25, 0.3) is 0 Å². The summed E-state index contributed by atoms with van der Waals surface area (Å²) in [4.78, 5) is 13.7. The summed E-state index contributed by atoms with van der Waals surface area (Å²) >= 11 is 0. The van der Waals surface area contributed by atoms with Crippen LogP contribution in [0.3, 0.4) is 0 Å². The van der Waals surface area contributed by atoms with Crippen molar-refractivity contribution in [1.82, 2.24) is 15.5 Å². The van der Waals surface area contributed by atoms with Crippen LogP contribution in [0, 0.1) is 0 Å². The van der Waals surface area contributed by atoms with Gasteiger partial charge < -0.3 is 15.5 Å². The van der Waals surface area contributed by atoms with E-state index in [0.29, 0.717) is 18.6 Å². The second kappa shape index (κ2) is 6.86. The first-order valence-electron chi connectivity index (χ1n) is 6.25. The van der Waals surface area contributed by atoms with Gasteiger partial charge in [-0.2, -0.15) is 0 Å². The van der Waals surface area contributed by atoms with E-state index in [1.54, 1.807) is 0 Å². The Hall–Kier alpha value is -0.610. The third-order valence-electron chi connectivity index (χ3n) is 2.97. The average molecular weight is 227 g/mol. The van der Waals surface area contributed by atoms with Gasteiger partial charge in [0.2, 0.25) is 5.91 Å². The number of carbonyl (C=O) groups excluding carboxylic acids is 1. The molecule has 0 aromatic heterocycles. The van der Waals surface area contributed by atoms with Crippen molar-refractivity contribution >= 4 is 5.91 Å². The van der Waals surface area contributed by atoms with E-state index in [9.17, 15) is 4.79 Å². The van der Waals surface area contributed by atoms with E-state index < -0.39 is 0 Å². The number of likely N-dealkylation sites (N-methyl/N-ethyl adjacent to an activating group) is 1. The van der Waals surface area contributed by atoms with Crippen LogP contribution in [0.1, 0.15) is 32.6 Å². The first-order chi connectivity index (χ1) is 7.58. The van der Waals surface area contributed by atoms with Crippen LogP contribution in [0.4, 0.5) is 0 Å². The van der Waals surface area contributed by atoms with Gasteiger partial charge in [-0.05, 0) is 33.9 Å². The van der Waals surface area contributed by atoms with Crippen molar-refractivity contribution < 1.29 is 4.79 Å². The molecule has 1 saturated carbocycles. The molecule has 0 radical (unpaired) electrons. The molecule has 1 atom stereocenters. The minimum atomic E-state index is 0.137. The minimum Gasteiger partial charge on any atom is -0.352 e. The Bertz CT molecular complexity index is 212. The molecule has 16 heavy (non-hydrogen) atoms. The predicted octanol–water partition coefficient (Wildman–Crippen LogP) is 0.585. The lowest BCUT2D eigenvalue weighted by atomic mass is 10.2. The topological polar surface area (TPSA) is 44.4 Å². The summed E-state index contributed by atoms with van der Waals surface area (Å²) in [6.07, 6.45) is 4.82. The summed E-state index contributed by atoms with van der Waals surface area (Å²) in [5.74, 6) is 0.137. The Morgan fingerprint density at radius 1 is 1.38 bits per heavy atom. The van der Waals surface area contributed by atoms with Crippen LogP contribution in [0.5, 0.6) is 0 Å². The van der Waals surface area contributed by atoms with Gasteiger partial charge in [-0.1, -0.05) is 12.8 Å². The first-order valence-corrected chi connectivity index (χ1v) is 6.25. The molecule has 0 saturated heterocycles. The zero-order valence-corrected chi connectivity index (χ0v) is 10.8. The molecule has 0 spiro atoms. The van der Waals surface area contributed by atoms with Crippen LogP contribution in [0.15, 0.2) is 0 Å². The Labute approximate surface area is 98.8 Å². The molecular formula is C12H25N3O. The number of rotatable bonds is 6. The Morgan fingerprint density at radius 2 is 2.00 bits per heavy atom. The highest BCUT2D eigenvalue weighted by Crippen LogP contribution is 2.17. The monoisotopic (exact) mass is 227 g/mol. The first kappa shape index (κ1) is 13.5. The molecule has 1 unspecified atom stereocenters. The highest BCUT2D eigenvalue weighted by atomic mass is 16.1. The molecule has 0 aromatic rings. The van der Waals surface area contributed by atoms with E-state index >= 15 is 0 Å². The zero-order valence-electron chi connectivity index (χ0n) is 10.8. The van der Waals surface area contributed by atoms with Crippen molar-refractivity contribution in [2.45, 2.75) is 44.7 Å². The largest absolute Gasteiger partial charge is 0.352 e. The van der Waals surface area contributed by atoms with Crippen LogP contribution in [-0.4, -0.2) is 50.1 Å². The van der Waals surface area contributed by atoms with E-state index in [-0.39, 0.29) is 5.91 Å². The van der Waals surface area contributed by atoms with Gasteiger partial charge in [0.05, 0.1) is 6.54 Å². The molecule has 94 valence electrons. The van der Waals surface area contributed by atoms with Gasteiger partial charge in [-0.15, -0.1) is 0 Å². The second-order valence-electron chi connectivity index (χ2n) is 5.09. The molecule has 2 N–H and O–H groups in total. The molecule has 1 aliphatic rings. The Morgan fingerprint density at radius 3 is 2.56 bits per heavy atom. The smallest absolute Gasteiger partial charge is 0.234 e. The van der Waals surface area contributed by atoms with E-state index in [4.69, 9.17) is 0 Å². The van der Waals surface area contributed by atoms with Crippen molar-refractivity contribution in [3.8, 4) is 0 Å². The summed E-state index contributed by atoms with van der Waals surface area (Å²) in [6, 6.07) is 0.780. The molecule has 0 bridgehead atoms. The van der Waals surface area contributed by atoms with Crippen LogP contribution >= 0.6 is 0 Å². The Balaban J connectivity index is 2.09. The number of carbonyl (C=O) groups is 1. The highest BCUT2D eigenvalue weighted by molar-refractivity contribution is 5.78. The maximum Gasteiger partial charge on any atom is 0.234 e. The number of nitrogens with zero attached hydrogens (tertiary/aromatic N) is 1. The number of hydrogen-bond donors (Lipinski definition) is 2. The fourth-order valence-corrected chi connectivity index (χ4v) is 2.23. The molecule has 1 fully saturated rings. The van der Waals surface area contributed by atoms with Crippen molar-refractivity contribution in [2.75, 3.05) is 27.2 Å². The molecule has 0 heterocycles. The number of amides is 1. The standard InChI is InChI=1S/C12H25N3O/c1-10(9-15(2)3)13-8-12(16)14-11-6-4-5-7-11/h10-11,13H,4-9H2,1-3H3,(H,14,16). The second-order valence-corrected chi connectivity index (χ2v) is 5.09. The highest BCUT2D eigenvalue weighted by Gasteiger charge is 2.17. The van der Waals surface area contributed by atoms with Crippen LogP contribution in [-0.2, 0) is 4.79 Å². The van der Waals surface area contributed by atoms with Gasteiger partial charge in [0.15, 0.2) is 0 Å². The fraction of sp³-hybridized carbons (Fsp3) is 0.917. The summed E-state index contributed by atoms with van der Waals surface area (Å²) in [6.45, 7) is 3.49. The maximum absolute atomic E-state index is 11.6. The number of hydrogen-bond acceptors (Lipinski definition) is 3. The lowest BCUT2D eigenvalue weighted by Gasteiger charge is -2.19. The van der Waals surface area contributed by atoms with Crippen molar-refractivity contribution in [2.24, 2.45) is 0 Å². The van der Waals surface area contributed by atoms with Crippen LogP contribution in [0.2, 0.25) is 0 Å². The zero-order chi connectivity index (χ0) is 12.0. The SMILES string of the molecule is CC(CN(C)C)NCC(=O)NC1CCCC1. The van der Waals surface area contributed by atoms with Gasteiger partial charge in [0.1, 0.15) is 0 Å². The third-order valence-corrected chi connectivity index (χ3v) is 2.97. The van der Waals surface area contributed by atoms with Crippen molar-refractivity contribution in [3.63, 3.8) is 0 Å². The molecule has 0 aromatic carbocycles. The average Bonchev–Trinajstić information content (AvgIpc) is 2.66. The quantitative estimate of drug-likeness (QED) is 0.698. The van der Waals surface area contributed by atoms with Gasteiger partial charge in [-0.3, -0.25) is 4.79 Å². The van der Waals surface area contributed by atoms with Gasteiger partial charge in [-0.25, -0.2) is 0 Å². The maximum atomic E-state index is 11.6. The van der Waals surface area contributed by atoms with E-state index in [2.05, 4.69) is 22.5 Å². The van der Waals surface area contributed by atoms with Gasteiger partial charge in [0.25, 0.3) is 0 Å². The van der Waals surface area contributed by atoms with Gasteiger partial charge >= 0.3 is 0 Å². The molecule has 4 nitrogen and oxygen atoms in total. The van der Waals surface area contributed by atoms with Crippen molar-refractivity contribution in [1.29, 1.82) is 0 Å². The lowest BCUT2D eigenvalue weighted by molar-refractivity contribution is -0.121. The molecule has 1 amide bonds. The summed E-state index contributed by atoms with van der Waals surface area (Å²) in [5, 5.41) is 6.31. The van der Waals surface area contributed by atoms with Crippen LogP contribution < -0.4 is 10.6 Å². The predicted molar refractivity (Wildman–Crippen MR) is 66.4 cm³/mol. The van der Waals surface area contributed by atoms with Crippen molar-refractivity contribution in [3.05, 3.63) is 0 Å². The van der Waals surface area contributed by atoms with E-state index in [0.717, 1.165) is 19.4 Å². The molecule has 1 aliphatic carbocycles. The Kier molecular flexibility index (Phi) is 5.77. The lowest BCUT2D eigenvalue weighted by Crippen LogP contribution is -2.44. The minimum absolute atomic E-state index is 0.137. The fourth-order valence-electron chi connectivity index (χ4n) is 2.23. The molecule has 0 aliphatic heterocycles. The van der Waals surface area contributed by atoms with E-state index in [1.807, 2.05) is 14.1 Å². The van der Waals surface area contributed by atoms with Gasteiger partial charge in [0, 0.05) is 18.6 Å². The molecule has 4 heteroatoms. The van der Waals surface area contributed by atoms with E-state index in [1.165, 1.54) is 12.8 Å². The summed E-state index contributed by atoms with van der Waals surface area (Å²) in [7, 11) is 4.08. The normalized spacial score (nSPS) is 19.0. The summed E-state index contributed by atoms with van der Waals surface area (Å²) in [5.41, 5.74) is 0. The number of nitrogens with one attached hydrogen (secondary N) is 2.